The van der Waals surface area contributed by atoms with E-state index >= 15 is 0 Å². The van der Waals surface area contributed by atoms with Gasteiger partial charge in [0.05, 0.1) is 25.8 Å². The van der Waals surface area contributed by atoms with Gasteiger partial charge in [-0.05, 0) is 19.1 Å². The Morgan fingerprint density at radius 2 is 1.95 bits per heavy atom. The molecule has 1 fully saturated rings. The first-order valence-corrected chi connectivity index (χ1v) is 6.88. The highest BCUT2D eigenvalue weighted by Crippen LogP contribution is 2.26. The van der Waals surface area contributed by atoms with E-state index < -0.39 is 0 Å². The van der Waals surface area contributed by atoms with Gasteiger partial charge in [0.15, 0.2) is 5.78 Å². The van der Waals surface area contributed by atoms with Crippen LogP contribution in [-0.4, -0.2) is 57.1 Å². The molecule has 1 aliphatic rings. The first kappa shape index (κ1) is 14.8. The van der Waals surface area contributed by atoms with Crippen LogP contribution >= 0.6 is 0 Å². The van der Waals surface area contributed by atoms with Crippen molar-refractivity contribution in [3.8, 4) is 11.5 Å². The molecule has 1 unspecified atom stereocenters. The van der Waals surface area contributed by atoms with Gasteiger partial charge in [0, 0.05) is 32.2 Å². The summed E-state index contributed by atoms with van der Waals surface area (Å²) in [4.78, 5) is 14.8. The van der Waals surface area contributed by atoms with Crippen molar-refractivity contribution in [3.63, 3.8) is 0 Å². The highest BCUT2D eigenvalue weighted by atomic mass is 16.5. The Bertz CT molecular complexity index is 470. The van der Waals surface area contributed by atoms with Crippen LogP contribution in [0.5, 0.6) is 11.5 Å². The molecule has 1 N–H and O–H groups in total. The fourth-order valence-corrected chi connectivity index (χ4v) is 2.46. The summed E-state index contributed by atoms with van der Waals surface area (Å²) in [6.45, 7) is 5.60. The molecule has 0 aliphatic carbocycles. The second-order valence-electron chi connectivity index (χ2n) is 4.89. The SMILES string of the molecule is COc1ccc(C(=O)C(C)N2CCNCC2)c(OC)c1. The second-order valence-corrected chi connectivity index (χ2v) is 4.89. The van der Waals surface area contributed by atoms with Crippen LogP contribution < -0.4 is 14.8 Å². The third-order valence-corrected chi connectivity index (χ3v) is 3.75. The summed E-state index contributed by atoms with van der Waals surface area (Å²) < 4.78 is 10.5. The van der Waals surface area contributed by atoms with Crippen molar-refractivity contribution in [2.24, 2.45) is 0 Å². The van der Waals surface area contributed by atoms with Crippen LogP contribution in [0, 0.1) is 0 Å². The lowest BCUT2D eigenvalue weighted by Gasteiger charge is -2.32. The molecule has 1 saturated heterocycles. The van der Waals surface area contributed by atoms with Crippen LogP contribution in [0.2, 0.25) is 0 Å². The lowest BCUT2D eigenvalue weighted by molar-refractivity contribution is 0.0817. The van der Waals surface area contributed by atoms with Crippen LogP contribution in [0.4, 0.5) is 0 Å². The Kier molecular flexibility index (Phi) is 4.98. The molecule has 0 bridgehead atoms. The Balaban J connectivity index is 2.19. The Morgan fingerprint density at radius 3 is 2.55 bits per heavy atom. The van der Waals surface area contributed by atoms with Crippen LogP contribution in [0.1, 0.15) is 17.3 Å². The van der Waals surface area contributed by atoms with Gasteiger partial charge >= 0.3 is 0 Å². The topological polar surface area (TPSA) is 50.8 Å². The third kappa shape index (κ3) is 3.11. The summed E-state index contributed by atoms with van der Waals surface area (Å²) in [6.07, 6.45) is 0. The van der Waals surface area contributed by atoms with Gasteiger partial charge in [-0.3, -0.25) is 9.69 Å². The van der Waals surface area contributed by atoms with Crippen molar-refractivity contribution < 1.29 is 14.3 Å². The molecule has 5 nitrogen and oxygen atoms in total. The molecule has 110 valence electrons. The average molecular weight is 278 g/mol. The number of hydrogen-bond donors (Lipinski definition) is 1. The van der Waals surface area contributed by atoms with E-state index in [4.69, 9.17) is 9.47 Å². The van der Waals surface area contributed by atoms with E-state index in [-0.39, 0.29) is 11.8 Å². The zero-order chi connectivity index (χ0) is 14.5. The minimum Gasteiger partial charge on any atom is -0.497 e. The normalized spacial score (nSPS) is 17.6. The van der Waals surface area contributed by atoms with Gasteiger partial charge in [0.25, 0.3) is 0 Å². The minimum absolute atomic E-state index is 0.0893. The van der Waals surface area contributed by atoms with Crippen LogP contribution in [0.15, 0.2) is 18.2 Å². The van der Waals surface area contributed by atoms with Crippen molar-refractivity contribution in [2.45, 2.75) is 13.0 Å². The molecular formula is C15H22N2O3. The highest BCUT2D eigenvalue weighted by Gasteiger charge is 2.25. The molecule has 1 atom stereocenters. The lowest BCUT2D eigenvalue weighted by atomic mass is 10.0. The Hall–Kier alpha value is -1.59. The second kappa shape index (κ2) is 6.72. The van der Waals surface area contributed by atoms with E-state index in [1.54, 1.807) is 32.4 Å². The molecule has 1 aromatic rings. The number of hydrogen-bond acceptors (Lipinski definition) is 5. The fourth-order valence-electron chi connectivity index (χ4n) is 2.46. The molecule has 1 aliphatic heterocycles. The van der Waals surface area contributed by atoms with Crippen molar-refractivity contribution >= 4 is 5.78 Å². The molecule has 0 aromatic heterocycles. The van der Waals surface area contributed by atoms with Gasteiger partial charge in [-0.15, -0.1) is 0 Å². The summed E-state index contributed by atoms with van der Waals surface area (Å²) in [7, 11) is 3.17. The molecule has 0 radical (unpaired) electrons. The van der Waals surface area contributed by atoms with Gasteiger partial charge in [0.1, 0.15) is 11.5 Å². The van der Waals surface area contributed by atoms with Crippen LogP contribution in [0.25, 0.3) is 0 Å². The van der Waals surface area contributed by atoms with Gasteiger partial charge in [-0.25, -0.2) is 0 Å². The number of ether oxygens (including phenoxy) is 2. The number of piperazine rings is 1. The number of ketones is 1. The Labute approximate surface area is 119 Å². The first-order valence-electron chi connectivity index (χ1n) is 6.88. The molecule has 1 aromatic carbocycles. The molecule has 0 spiro atoms. The summed E-state index contributed by atoms with van der Waals surface area (Å²) >= 11 is 0. The molecule has 0 amide bonds. The molecule has 2 rings (SSSR count). The Morgan fingerprint density at radius 1 is 1.25 bits per heavy atom. The first-order chi connectivity index (χ1) is 9.67. The zero-order valence-corrected chi connectivity index (χ0v) is 12.3. The van der Waals surface area contributed by atoms with Gasteiger partial charge in [0.2, 0.25) is 0 Å². The predicted molar refractivity (Wildman–Crippen MR) is 77.8 cm³/mol. The summed E-state index contributed by atoms with van der Waals surface area (Å²) in [6, 6.07) is 5.18. The van der Waals surface area contributed by atoms with E-state index in [0.29, 0.717) is 17.1 Å². The number of rotatable bonds is 5. The molecule has 1 heterocycles. The number of nitrogens with zero attached hydrogens (tertiary/aromatic N) is 1. The summed E-state index contributed by atoms with van der Waals surface area (Å²) in [5, 5.41) is 3.29. The van der Waals surface area contributed by atoms with Gasteiger partial charge < -0.3 is 14.8 Å². The standard InChI is InChI=1S/C15H22N2O3/c1-11(17-8-6-16-7-9-17)15(18)13-5-4-12(19-2)10-14(13)20-3/h4-5,10-11,16H,6-9H2,1-3H3. The van der Waals surface area contributed by atoms with Crippen LogP contribution in [0.3, 0.4) is 0 Å². The predicted octanol–water partition coefficient (Wildman–Crippen LogP) is 1.18. The number of carbonyl (C=O) groups excluding carboxylic acids is 1. The quantitative estimate of drug-likeness (QED) is 0.820. The lowest BCUT2D eigenvalue weighted by Crippen LogP contribution is -2.50. The number of carbonyl (C=O) groups is 1. The summed E-state index contributed by atoms with van der Waals surface area (Å²) in [5.74, 6) is 1.34. The molecule has 0 saturated carbocycles. The zero-order valence-electron chi connectivity index (χ0n) is 12.3. The number of nitrogens with one attached hydrogen (secondary N) is 1. The third-order valence-electron chi connectivity index (χ3n) is 3.75. The summed E-state index contributed by atoms with van der Waals surface area (Å²) in [5.41, 5.74) is 0.610. The van der Waals surface area contributed by atoms with Crippen LogP contribution in [-0.2, 0) is 0 Å². The molecule has 20 heavy (non-hydrogen) atoms. The maximum atomic E-state index is 12.6. The van der Waals surface area contributed by atoms with Crippen molar-refractivity contribution in [2.75, 3.05) is 40.4 Å². The smallest absolute Gasteiger partial charge is 0.183 e. The number of methoxy groups -OCH3 is 2. The number of benzene rings is 1. The fraction of sp³-hybridized carbons (Fsp3) is 0.533. The van der Waals surface area contributed by atoms with Gasteiger partial charge in [-0.1, -0.05) is 0 Å². The van der Waals surface area contributed by atoms with E-state index in [9.17, 15) is 4.79 Å². The average Bonchev–Trinajstić information content (AvgIpc) is 2.53. The van der Waals surface area contributed by atoms with Gasteiger partial charge in [-0.2, -0.15) is 0 Å². The van der Waals surface area contributed by atoms with E-state index in [1.807, 2.05) is 6.92 Å². The molecule has 5 heteroatoms. The minimum atomic E-state index is -0.139. The van der Waals surface area contributed by atoms with Crippen molar-refractivity contribution in [3.05, 3.63) is 23.8 Å². The van der Waals surface area contributed by atoms with Crippen molar-refractivity contribution in [1.82, 2.24) is 10.2 Å². The van der Waals surface area contributed by atoms with E-state index in [0.717, 1.165) is 26.2 Å². The number of Topliss-reactive ketones (excluding diaryl/α,β-unsaturated/α-hetero) is 1. The maximum Gasteiger partial charge on any atom is 0.183 e. The van der Waals surface area contributed by atoms with E-state index in [1.165, 1.54) is 0 Å². The van der Waals surface area contributed by atoms with Crippen molar-refractivity contribution in [1.29, 1.82) is 0 Å². The molecular weight excluding hydrogens is 256 g/mol. The largest absolute Gasteiger partial charge is 0.497 e. The van der Waals surface area contributed by atoms with E-state index in [2.05, 4.69) is 10.2 Å². The highest BCUT2D eigenvalue weighted by molar-refractivity contribution is 6.02. The monoisotopic (exact) mass is 278 g/mol. The maximum absolute atomic E-state index is 12.6.